The number of pyridine rings is 1. The molecule has 2 aromatic heterocycles. The summed E-state index contributed by atoms with van der Waals surface area (Å²) in [5, 5.41) is 8.09. The molecular weight excluding hydrogens is 428 g/mol. The number of halogens is 3. The van der Waals surface area contributed by atoms with E-state index in [1.165, 1.54) is 17.7 Å². The molecule has 6 nitrogen and oxygen atoms in total. The van der Waals surface area contributed by atoms with Crippen molar-refractivity contribution in [3.63, 3.8) is 0 Å². The number of nitrogens with one attached hydrogen (secondary N) is 1. The number of anilines is 1. The van der Waals surface area contributed by atoms with E-state index in [1.54, 1.807) is 23.9 Å². The third-order valence-electron chi connectivity index (χ3n) is 5.33. The van der Waals surface area contributed by atoms with E-state index in [0.29, 0.717) is 27.9 Å². The summed E-state index contributed by atoms with van der Waals surface area (Å²) in [5.41, 5.74) is 8.27. The van der Waals surface area contributed by atoms with Crippen LogP contribution < -0.4 is 15.8 Å². The number of piperidine rings is 1. The first-order valence-corrected chi connectivity index (χ1v) is 10.5. The van der Waals surface area contributed by atoms with Crippen LogP contribution in [0.4, 0.5) is 10.2 Å². The van der Waals surface area contributed by atoms with Crippen molar-refractivity contribution in [1.82, 2.24) is 20.1 Å². The average Bonchev–Trinajstić information content (AvgIpc) is 3.24. The monoisotopic (exact) mass is 449 g/mol. The van der Waals surface area contributed by atoms with E-state index in [0.717, 1.165) is 25.9 Å². The van der Waals surface area contributed by atoms with Crippen LogP contribution in [0, 0.1) is 5.82 Å². The Labute approximate surface area is 184 Å². The molecule has 1 fully saturated rings. The van der Waals surface area contributed by atoms with Crippen molar-refractivity contribution in [1.29, 1.82) is 0 Å². The molecule has 1 aromatic carbocycles. The van der Waals surface area contributed by atoms with Gasteiger partial charge in [-0.15, -0.1) is 0 Å². The van der Waals surface area contributed by atoms with E-state index >= 15 is 0 Å². The maximum absolute atomic E-state index is 13.9. The number of nitrogens with zero attached hydrogens (tertiary/aromatic N) is 3. The first-order chi connectivity index (χ1) is 14.4. The Bertz CT molecular complexity index is 1050. The van der Waals surface area contributed by atoms with E-state index in [-0.39, 0.29) is 10.8 Å². The lowest BCUT2D eigenvalue weighted by atomic mass is 9.93. The Morgan fingerprint density at radius 2 is 2.03 bits per heavy atom. The van der Waals surface area contributed by atoms with E-state index in [2.05, 4.69) is 15.4 Å². The highest BCUT2D eigenvalue weighted by Crippen LogP contribution is 2.36. The Hall–Kier alpha value is -2.35. The summed E-state index contributed by atoms with van der Waals surface area (Å²) in [6.07, 6.45) is 7.08. The van der Waals surface area contributed by atoms with E-state index in [1.807, 2.05) is 12.4 Å². The molecule has 3 heterocycles. The minimum Gasteiger partial charge on any atom is -0.482 e. The summed E-state index contributed by atoms with van der Waals surface area (Å²) >= 11 is 12.3. The molecule has 3 N–H and O–H groups in total. The minimum atomic E-state index is -0.636. The molecule has 4 rings (SSSR count). The number of benzene rings is 1. The molecule has 1 atom stereocenters. The first-order valence-electron chi connectivity index (χ1n) is 9.75. The van der Waals surface area contributed by atoms with Gasteiger partial charge in [0.05, 0.1) is 23.1 Å². The van der Waals surface area contributed by atoms with Crippen LogP contribution >= 0.6 is 23.2 Å². The first kappa shape index (κ1) is 20.9. The standard InChI is InChI=1S/C21H22Cl2FN5O/c1-12(19-16(22)2-3-17(24)20(19)23)30-18-8-15(10-27-21(18)25)29-11-14(9-28-29)13-4-6-26-7-5-13/h2-3,8-13,26H,4-7H2,1H3,(H2,25,27). The van der Waals surface area contributed by atoms with Gasteiger partial charge in [-0.25, -0.2) is 14.1 Å². The maximum Gasteiger partial charge on any atom is 0.166 e. The second-order valence-electron chi connectivity index (χ2n) is 7.34. The average molecular weight is 450 g/mol. The van der Waals surface area contributed by atoms with Gasteiger partial charge >= 0.3 is 0 Å². The van der Waals surface area contributed by atoms with Crippen LogP contribution in [-0.4, -0.2) is 27.9 Å². The van der Waals surface area contributed by atoms with Crippen molar-refractivity contribution in [2.45, 2.75) is 31.8 Å². The number of ether oxygens (including phenoxy) is 1. The highest BCUT2D eigenvalue weighted by atomic mass is 35.5. The normalized spacial score (nSPS) is 15.9. The van der Waals surface area contributed by atoms with E-state index in [4.69, 9.17) is 33.7 Å². The maximum atomic E-state index is 13.9. The molecule has 9 heteroatoms. The van der Waals surface area contributed by atoms with Crippen LogP contribution in [-0.2, 0) is 0 Å². The molecule has 1 saturated heterocycles. The second-order valence-corrected chi connectivity index (χ2v) is 8.12. The summed E-state index contributed by atoms with van der Waals surface area (Å²) in [5.74, 6) is 0.485. The van der Waals surface area contributed by atoms with Crippen LogP contribution in [0.1, 0.15) is 42.9 Å². The second kappa shape index (κ2) is 8.79. The summed E-state index contributed by atoms with van der Waals surface area (Å²) < 4.78 is 21.6. The number of nitrogens with two attached hydrogens (primary N) is 1. The molecule has 158 valence electrons. The molecule has 30 heavy (non-hydrogen) atoms. The van der Waals surface area contributed by atoms with Crippen LogP contribution in [0.5, 0.6) is 5.75 Å². The molecule has 0 radical (unpaired) electrons. The fourth-order valence-corrected chi connectivity index (χ4v) is 4.35. The third kappa shape index (κ3) is 4.24. The van der Waals surface area contributed by atoms with E-state index < -0.39 is 11.9 Å². The lowest BCUT2D eigenvalue weighted by Gasteiger charge is -2.21. The minimum absolute atomic E-state index is 0.0728. The Morgan fingerprint density at radius 3 is 2.80 bits per heavy atom. The van der Waals surface area contributed by atoms with Crippen LogP contribution in [0.25, 0.3) is 5.69 Å². The molecule has 0 spiro atoms. The van der Waals surface area contributed by atoms with Crippen molar-refractivity contribution in [3.8, 4) is 11.4 Å². The fourth-order valence-electron chi connectivity index (χ4n) is 3.67. The molecule has 0 aliphatic carbocycles. The van der Waals surface area contributed by atoms with Gasteiger partial charge in [0.25, 0.3) is 0 Å². The van der Waals surface area contributed by atoms with Gasteiger partial charge in [0, 0.05) is 22.8 Å². The lowest BCUT2D eigenvalue weighted by Crippen LogP contribution is -2.26. The molecule has 1 aliphatic rings. The number of nitrogen functional groups attached to an aromatic ring is 1. The number of rotatable bonds is 5. The predicted octanol–water partition coefficient (Wildman–Crippen LogP) is 4.90. The number of hydrogen-bond donors (Lipinski definition) is 2. The molecule has 1 aliphatic heterocycles. The summed E-state index contributed by atoms with van der Waals surface area (Å²) in [6.45, 7) is 3.75. The Kier molecular flexibility index (Phi) is 6.13. The van der Waals surface area contributed by atoms with Crippen molar-refractivity contribution in [2.24, 2.45) is 0 Å². The van der Waals surface area contributed by atoms with Gasteiger partial charge in [0.1, 0.15) is 11.9 Å². The predicted molar refractivity (Wildman–Crippen MR) is 116 cm³/mol. The van der Waals surface area contributed by atoms with Crippen LogP contribution in [0.2, 0.25) is 10.0 Å². The van der Waals surface area contributed by atoms with Crippen molar-refractivity contribution >= 4 is 29.0 Å². The SMILES string of the molecule is CC(Oc1cc(-n2cc(C3CCNCC3)cn2)cnc1N)c1c(Cl)ccc(F)c1Cl. The molecule has 1 unspecified atom stereocenters. The van der Waals surface area contributed by atoms with Crippen LogP contribution in [0.15, 0.2) is 36.8 Å². The smallest absolute Gasteiger partial charge is 0.166 e. The van der Waals surface area contributed by atoms with Gasteiger partial charge in [-0.3, -0.25) is 0 Å². The molecule has 0 saturated carbocycles. The van der Waals surface area contributed by atoms with Gasteiger partial charge in [-0.2, -0.15) is 5.10 Å². The van der Waals surface area contributed by atoms with E-state index in [9.17, 15) is 4.39 Å². The van der Waals surface area contributed by atoms with Crippen molar-refractivity contribution in [3.05, 3.63) is 63.8 Å². The number of aromatic nitrogens is 3. The zero-order valence-corrected chi connectivity index (χ0v) is 17.9. The van der Waals surface area contributed by atoms with Crippen LogP contribution in [0.3, 0.4) is 0 Å². The summed E-state index contributed by atoms with van der Waals surface area (Å²) in [4.78, 5) is 4.23. The van der Waals surface area contributed by atoms with Gasteiger partial charge in [0.15, 0.2) is 11.6 Å². The number of hydrogen-bond acceptors (Lipinski definition) is 5. The fraction of sp³-hybridized carbons (Fsp3) is 0.333. The zero-order chi connectivity index (χ0) is 21.3. The van der Waals surface area contributed by atoms with Gasteiger partial charge in [-0.1, -0.05) is 23.2 Å². The van der Waals surface area contributed by atoms with Gasteiger partial charge in [0.2, 0.25) is 0 Å². The highest BCUT2D eigenvalue weighted by Gasteiger charge is 2.21. The zero-order valence-electron chi connectivity index (χ0n) is 16.4. The Balaban J connectivity index is 1.58. The van der Waals surface area contributed by atoms with Crippen molar-refractivity contribution < 1.29 is 9.13 Å². The molecule has 3 aromatic rings. The molecule has 0 amide bonds. The quantitative estimate of drug-likeness (QED) is 0.541. The van der Waals surface area contributed by atoms with Crippen molar-refractivity contribution in [2.75, 3.05) is 18.8 Å². The Morgan fingerprint density at radius 1 is 1.27 bits per heavy atom. The van der Waals surface area contributed by atoms with Gasteiger partial charge < -0.3 is 15.8 Å². The third-order valence-corrected chi connectivity index (χ3v) is 6.05. The molecule has 0 bridgehead atoms. The molecular formula is C21H22Cl2FN5O. The largest absolute Gasteiger partial charge is 0.482 e. The lowest BCUT2D eigenvalue weighted by molar-refractivity contribution is 0.227. The summed E-state index contributed by atoms with van der Waals surface area (Å²) in [7, 11) is 0. The topological polar surface area (TPSA) is 78.0 Å². The summed E-state index contributed by atoms with van der Waals surface area (Å²) in [6, 6.07) is 4.41. The van der Waals surface area contributed by atoms with Gasteiger partial charge in [-0.05, 0) is 56.5 Å². The highest BCUT2D eigenvalue weighted by molar-refractivity contribution is 6.36.